The molecule has 0 rings (SSSR count). The summed E-state index contributed by atoms with van der Waals surface area (Å²) in [5.41, 5.74) is 0. The highest BCUT2D eigenvalue weighted by Gasteiger charge is 2.27. The molecule has 0 bridgehead atoms. The van der Waals surface area contributed by atoms with E-state index >= 15 is 0 Å². The third-order valence-corrected chi connectivity index (χ3v) is 1.31. The summed E-state index contributed by atoms with van der Waals surface area (Å²) in [5.74, 6) is -0.354. The van der Waals surface area contributed by atoms with Crippen LogP contribution in [0, 0.1) is 0 Å². The molecule has 0 saturated carbocycles. The maximum absolute atomic E-state index is 11.6. The number of Topliss-reactive ketones (excluding diaryl/α,β-unsaturated/α-hetero) is 1. The average Bonchev–Trinajstić information content (AvgIpc) is 1.95. The monoisotopic (exact) mass is 180 g/mol. The Balaban J connectivity index is 3.51. The second kappa shape index (κ2) is 4.95. The van der Waals surface area contributed by atoms with E-state index in [2.05, 4.69) is 6.58 Å². The molecular formula is C8H11F3O. The summed E-state index contributed by atoms with van der Waals surface area (Å²) in [4.78, 5) is 10.7. The van der Waals surface area contributed by atoms with Crippen LogP contribution in [0.2, 0.25) is 0 Å². The molecule has 0 aliphatic carbocycles. The van der Waals surface area contributed by atoms with Crippen molar-refractivity contribution in [1.82, 2.24) is 0 Å². The maximum Gasteiger partial charge on any atom is 0.389 e. The summed E-state index contributed by atoms with van der Waals surface area (Å²) < 4.78 is 34.7. The van der Waals surface area contributed by atoms with E-state index in [1.54, 1.807) is 0 Å². The van der Waals surface area contributed by atoms with Crippen molar-refractivity contribution in [3.63, 3.8) is 0 Å². The van der Waals surface area contributed by atoms with Gasteiger partial charge in [-0.15, -0.1) is 6.58 Å². The fourth-order valence-corrected chi connectivity index (χ4v) is 0.669. The van der Waals surface area contributed by atoms with Gasteiger partial charge < -0.3 is 0 Å². The number of carbonyl (C=O) groups excluding carboxylic acids is 1. The maximum atomic E-state index is 11.6. The first-order valence-electron chi connectivity index (χ1n) is 3.65. The van der Waals surface area contributed by atoms with Gasteiger partial charge in [0.15, 0.2) is 0 Å². The van der Waals surface area contributed by atoms with E-state index < -0.39 is 19.0 Å². The van der Waals surface area contributed by atoms with E-state index in [0.717, 1.165) is 0 Å². The molecule has 0 atom stereocenters. The molecule has 0 unspecified atom stereocenters. The summed E-state index contributed by atoms with van der Waals surface area (Å²) in [6.45, 7) is 3.37. The fourth-order valence-electron chi connectivity index (χ4n) is 0.669. The Hall–Kier alpha value is -0.800. The van der Waals surface area contributed by atoms with Crippen molar-refractivity contribution in [3.8, 4) is 0 Å². The minimum absolute atomic E-state index is 0.166. The van der Waals surface area contributed by atoms with Crippen molar-refractivity contribution in [2.75, 3.05) is 0 Å². The summed E-state index contributed by atoms with van der Waals surface area (Å²) in [7, 11) is 0. The van der Waals surface area contributed by atoms with Crippen LogP contribution in [0.3, 0.4) is 0 Å². The Bertz CT molecular complexity index is 160. The molecule has 0 heterocycles. The van der Waals surface area contributed by atoms with Crippen LogP contribution in [-0.4, -0.2) is 12.0 Å². The number of ketones is 1. The lowest BCUT2D eigenvalue weighted by Gasteiger charge is -2.03. The van der Waals surface area contributed by atoms with Crippen LogP contribution in [0.5, 0.6) is 0 Å². The average molecular weight is 180 g/mol. The number of halogens is 3. The minimum atomic E-state index is -4.22. The third-order valence-electron chi connectivity index (χ3n) is 1.31. The van der Waals surface area contributed by atoms with E-state index in [1.807, 2.05) is 0 Å². The van der Waals surface area contributed by atoms with Gasteiger partial charge in [0.05, 0.1) is 6.42 Å². The van der Waals surface area contributed by atoms with E-state index in [-0.39, 0.29) is 12.2 Å². The number of hydrogen-bond acceptors (Lipinski definition) is 1. The normalized spacial score (nSPS) is 11.2. The molecule has 0 radical (unpaired) electrons. The SMILES string of the molecule is C=CCCC(=O)CCC(F)(F)F. The number of carbonyl (C=O) groups is 1. The van der Waals surface area contributed by atoms with Gasteiger partial charge in [-0.05, 0) is 6.42 Å². The van der Waals surface area contributed by atoms with Gasteiger partial charge >= 0.3 is 6.18 Å². The molecule has 0 saturated heterocycles. The lowest BCUT2D eigenvalue weighted by molar-refractivity contribution is -0.143. The highest BCUT2D eigenvalue weighted by Crippen LogP contribution is 2.21. The van der Waals surface area contributed by atoms with Crippen molar-refractivity contribution < 1.29 is 18.0 Å². The topological polar surface area (TPSA) is 17.1 Å². The Morgan fingerprint density at radius 1 is 1.33 bits per heavy atom. The standard InChI is InChI=1S/C8H11F3O/c1-2-3-4-7(12)5-6-8(9,10)11/h2H,1,3-6H2. The van der Waals surface area contributed by atoms with Crippen LogP contribution >= 0.6 is 0 Å². The first-order chi connectivity index (χ1) is 5.45. The molecule has 0 N–H and O–H groups in total. The zero-order valence-electron chi connectivity index (χ0n) is 6.66. The van der Waals surface area contributed by atoms with Crippen molar-refractivity contribution in [3.05, 3.63) is 12.7 Å². The molecule has 0 aliphatic heterocycles. The first kappa shape index (κ1) is 11.2. The van der Waals surface area contributed by atoms with E-state index in [1.165, 1.54) is 6.08 Å². The van der Waals surface area contributed by atoms with E-state index in [0.29, 0.717) is 6.42 Å². The number of rotatable bonds is 5. The highest BCUT2D eigenvalue weighted by atomic mass is 19.4. The Labute approximate surface area is 69.3 Å². The van der Waals surface area contributed by atoms with Gasteiger partial charge in [0, 0.05) is 12.8 Å². The van der Waals surface area contributed by atoms with Gasteiger partial charge in [-0.1, -0.05) is 6.08 Å². The molecule has 0 aromatic carbocycles. The molecule has 0 fully saturated rings. The molecule has 70 valence electrons. The molecule has 12 heavy (non-hydrogen) atoms. The van der Waals surface area contributed by atoms with Gasteiger partial charge in [-0.25, -0.2) is 0 Å². The van der Waals surface area contributed by atoms with Crippen LogP contribution in [0.15, 0.2) is 12.7 Å². The summed E-state index contributed by atoms with van der Waals surface area (Å²) in [5, 5.41) is 0. The van der Waals surface area contributed by atoms with Crippen LogP contribution in [0.25, 0.3) is 0 Å². The minimum Gasteiger partial charge on any atom is -0.300 e. The van der Waals surface area contributed by atoms with Gasteiger partial charge in [-0.3, -0.25) is 4.79 Å². The lowest BCUT2D eigenvalue weighted by atomic mass is 10.1. The van der Waals surface area contributed by atoms with Crippen LogP contribution in [-0.2, 0) is 4.79 Å². The Kier molecular flexibility index (Phi) is 4.62. The van der Waals surface area contributed by atoms with Crippen LogP contribution < -0.4 is 0 Å². The van der Waals surface area contributed by atoms with E-state index in [4.69, 9.17) is 0 Å². The van der Waals surface area contributed by atoms with Crippen LogP contribution in [0.4, 0.5) is 13.2 Å². The Morgan fingerprint density at radius 3 is 2.33 bits per heavy atom. The van der Waals surface area contributed by atoms with Crippen molar-refractivity contribution in [2.24, 2.45) is 0 Å². The first-order valence-corrected chi connectivity index (χ1v) is 3.65. The van der Waals surface area contributed by atoms with Gasteiger partial charge in [0.1, 0.15) is 5.78 Å². The molecule has 4 heteroatoms. The summed E-state index contributed by atoms with van der Waals surface area (Å²) >= 11 is 0. The van der Waals surface area contributed by atoms with Crippen LogP contribution in [0.1, 0.15) is 25.7 Å². The van der Waals surface area contributed by atoms with Crippen molar-refractivity contribution >= 4 is 5.78 Å². The van der Waals surface area contributed by atoms with Crippen molar-refractivity contribution in [1.29, 1.82) is 0 Å². The largest absolute Gasteiger partial charge is 0.389 e. The number of alkyl halides is 3. The van der Waals surface area contributed by atoms with E-state index in [9.17, 15) is 18.0 Å². The molecule has 1 nitrogen and oxygen atoms in total. The third kappa shape index (κ3) is 7.31. The van der Waals surface area contributed by atoms with Gasteiger partial charge in [0.2, 0.25) is 0 Å². The predicted octanol–water partition coefficient (Wildman–Crippen LogP) is 2.86. The lowest BCUT2D eigenvalue weighted by Crippen LogP contribution is -2.10. The zero-order valence-corrected chi connectivity index (χ0v) is 6.66. The second-order valence-electron chi connectivity index (χ2n) is 2.48. The smallest absolute Gasteiger partial charge is 0.300 e. The predicted molar refractivity (Wildman–Crippen MR) is 39.7 cm³/mol. The number of allylic oxidation sites excluding steroid dienone is 1. The zero-order chi connectivity index (χ0) is 9.61. The highest BCUT2D eigenvalue weighted by molar-refractivity contribution is 5.78. The van der Waals surface area contributed by atoms with Gasteiger partial charge in [0.25, 0.3) is 0 Å². The molecule has 0 aliphatic rings. The molecule has 0 spiro atoms. The second-order valence-corrected chi connectivity index (χ2v) is 2.48. The van der Waals surface area contributed by atoms with Crippen molar-refractivity contribution in [2.45, 2.75) is 31.9 Å². The Morgan fingerprint density at radius 2 is 1.92 bits per heavy atom. The molecule has 0 aromatic heterocycles. The fraction of sp³-hybridized carbons (Fsp3) is 0.625. The summed E-state index contributed by atoms with van der Waals surface area (Å²) in [6, 6.07) is 0. The molecule has 0 aromatic rings. The summed E-state index contributed by atoms with van der Waals surface area (Å²) in [6.07, 6.45) is -3.49. The quantitative estimate of drug-likeness (QED) is 0.594. The molecular weight excluding hydrogens is 169 g/mol. The van der Waals surface area contributed by atoms with Gasteiger partial charge in [-0.2, -0.15) is 13.2 Å². The number of hydrogen-bond donors (Lipinski definition) is 0. The molecule has 0 amide bonds.